The molecule has 7 heteroatoms. The van der Waals surface area contributed by atoms with E-state index in [-0.39, 0.29) is 37.2 Å². The molecule has 0 amide bonds. The summed E-state index contributed by atoms with van der Waals surface area (Å²) in [4.78, 5) is 24.8. The van der Waals surface area contributed by atoms with Gasteiger partial charge in [-0.15, -0.1) is 0 Å². The number of hydrogen-bond acceptors (Lipinski definition) is 5. The number of aliphatic hydroxyl groups is 2. The van der Waals surface area contributed by atoms with Crippen LogP contribution in [0.3, 0.4) is 0 Å². The first-order valence-electron chi connectivity index (χ1n) is 10.6. The fourth-order valence-electron chi connectivity index (χ4n) is 7.35. The van der Waals surface area contributed by atoms with Crippen molar-refractivity contribution in [2.75, 3.05) is 13.7 Å². The first-order valence-corrected chi connectivity index (χ1v) is 10.6. The number of hydrogen-bond donors (Lipinski definition) is 2. The number of alkyl halides is 1. The van der Waals surface area contributed by atoms with Crippen LogP contribution in [-0.2, 0) is 14.3 Å². The van der Waals surface area contributed by atoms with Crippen LogP contribution in [-0.4, -0.2) is 52.9 Å². The lowest BCUT2D eigenvalue weighted by atomic mass is 9.45. The SMILES string of the molecule is COCC(=O)[C@@]1(O)[C@H](C)CC2C3CC(F)=C4CC(=O)C=CC4(C)[C@@]3(F)C(O)CC21C. The van der Waals surface area contributed by atoms with Crippen molar-refractivity contribution in [3.05, 3.63) is 23.6 Å². The summed E-state index contributed by atoms with van der Waals surface area (Å²) in [6.07, 6.45) is 0.907. The fourth-order valence-corrected chi connectivity index (χ4v) is 7.35. The second kappa shape index (κ2) is 6.53. The molecule has 166 valence electrons. The van der Waals surface area contributed by atoms with Gasteiger partial charge < -0.3 is 14.9 Å². The van der Waals surface area contributed by atoms with Gasteiger partial charge in [-0.05, 0) is 43.3 Å². The average molecular weight is 424 g/mol. The summed E-state index contributed by atoms with van der Waals surface area (Å²) in [6, 6.07) is 0. The predicted octanol–water partition coefficient (Wildman–Crippen LogP) is 2.85. The lowest BCUT2D eigenvalue weighted by molar-refractivity contribution is -0.217. The highest BCUT2D eigenvalue weighted by Crippen LogP contribution is 2.71. The second-order valence-electron chi connectivity index (χ2n) is 10.1. The van der Waals surface area contributed by atoms with Gasteiger partial charge in [0.25, 0.3) is 0 Å². The van der Waals surface area contributed by atoms with Crippen LogP contribution in [0.2, 0.25) is 0 Å². The molecule has 0 aromatic rings. The summed E-state index contributed by atoms with van der Waals surface area (Å²) in [5.74, 6) is -3.23. The van der Waals surface area contributed by atoms with Gasteiger partial charge in [0, 0.05) is 36.7 Å². The van der Waals surface area contributed by atoms with Gasteiger partial charge in [-0.25, -0.2) is 8.78 Å². The van der Waals surface area contributed by atoms with Crippen molar-refractivity contribution in [2.45, 2.75) is 63.8 Å². The van der Waals surface area contributed by atoms with E-state index in [4.69, 9.17) is 4.74 Å². The van der Waals surface area contributed by atoms with Gasteiger partial charge in [-0.3, -0.25) is 9.59 Å². The van der Waals surface area contributed by atoms with E-state index in [0.29, 0.717) is 6.42 Å². The van der Waals surface area contributed by atoms with E-state index in [1.54, 1.807) is 20.8 Å². The van der Waals surface area contributed by atoms with Crippen molar-refractivity contribution in [2.24, 2.45) is 28.6 Å². The van der Waals surface area contributed by atoms with E-state index in [1.165, 1.54) is 19.3 Å². The number of halogens is 2. The minimum Gasteiger partial charge on any atom is -0.390 e. The molecule has 2 fully saturated rings. The molecule has 0 aromatic carbocycles. The van der Waals surface area contributed by atoms with Crippen molar-refractivity contribution in [1.82, 2.24) is 0 Å². The Morgan fingerprint density at radius 3 is 2.63 bits per heavy atom. The maximum Gasteiger partial charge on any atom is 0.190 e. The summed E-state index contributed by atoms with van der Waals surface area (Å²) in [5, 5.41) is 22.7. The van der Waals surface area contributed by atoms with Gasteiger partial charge in [0.2, 0.25) is 0 Å². The average Bonchev–Trinajstić information content (AvgIpc) is 2.88. The van der Waals surface area contributed by atoms with Crippen molar-refractivity contribution in [1.29, 1.82) is 0 Å². The Kier molecular flexibility index (Phi) is 4.74. The Balaban J connectivity index is 1.86. The highest BCUT2D eigenvalue weighted by molar-refractivity contribution is 5.94. The van der Waals surface area contributed by atoms with Gasteiger partial charge in [0.1, 0.15) is 18.0 Å². The molecule has 0 aromatic heterocycles. The molecule has 8 atom stereocenters. The van der Waals surface area contributed by atoms with Crippen LogP contribution in [0.1, 0.15) is 46.5 Å². The van der Waals surface area contributed by atoms with Crippen LogP contribution in [0.15, 0.2) is 23.6 Å². The quantitative estimate of drug-likeness (QED) is 0.728. The number of carbonyl (C=O) groups excluding carboxylic acids is 2. The zero-order valence-corrected chi connectivity index (χ0v) is 17.9. The third-order valence-corrected chi connectivity index (χ3v) is 8.94. The zero-order chi connectivity index (χ0) is 22.3. The van der Waals surface area contributed by atoms with Crippen LogP contribution in [0, 0.1) is 28.6 Å². The molecule has 0 radical (unpaired) electrons. The molecule has 0 heterocycles. The predicted molar refractivity (Wildman–Crippen MR) is 105 cm³/mol. The van der Waals surface area contributed by atoms with Crippen molar-refractivity contribution in [3.63, 3.8) is 0 Å². The van der Waals surface area contributed by atoms with Crippen LogP contribution < -0.4 is 0 Å². The Labute approximate surface area is 175 Å². The number of Topliss-reactive ketones (excluding diaryl/α,β-unsaturated/α-hetero) is 1. The largest absolute Gasteiger partial charge is 0.390 e. The van der Waals surface area contributed by atoms with E-state index in [0.717, 1.165) is 0 Å². The molecule has 0 saturated heterocycles. The summed E-state index contributed by atoms with van der Waals surface area (Å²) >= 11 is 0. The van der Waals surface area contributed by atoms with Crippen LogP contribution in [0.5, 0.6) is 0 Å². The second-order valence-corrected chi connectivity index (χ2v) is 10.1. The molecule has 5 unspecified atom stereocenters. The van der Waals surface area contributed by atoms with Crippen LogP contribution in [0.4, 0.5) is 8.78 Å². The monoisotopic (exact) mass is 424 g/mol. The van der Waals surface area contributed by atoms with Crippen LogP contribution in [0.25, 0.3) is 0 Å². The topological polar surface area (TPSA) is 83.8 Å². The molecule has 4 rings (SSSR count). The molecule has 2 saturated carbocycles. The zero-order valence-electron chi connectivity index (χ0n) is 17.9. The Bertz CT molecular complexity index is 868. The molecule has 0 aliphatic heterocycles. The van der Waals surface area contributed by atoms with E-state index in [1.807, 2.05) is 0 Å². The number of allylic oxidation sites excluding steroid dienone is 4. The molecule has 4 aliphatic rings. The molecule has 0 spiro atoms. The van der Waals surface area contributed by atoms with Crippen molar-refractivity contribution < 1.29 is 33.3 Å². The summed E-state index contributed by atoms with van der Waals surface area (Å²) in [5.41, 5.74) is -6.46. The normalized spacial score (nSPS) is 50.2. The van der Waals surface area contributed by atoms with E-state index in [9.17, 15) is 19.8 Å². The summed E-state index contributed by atoms with van der Waals surface area (Å²) < 4.78 is 37.2. The van der Waals surface area contributed by atoms with E-state index < -0.39 is 57.6 Å². The van der Waals surface area contributed by atoms with Crippen molar-refractivity contribution >= 4 is 11.6 Å². The number of ether oxygens (including phenoxy) is 1. The lowest BCUT2D eigenvalue weighted by Gasteiger charge is -2.62. The minimum atomic E-state index is -2.20. The number of methoxy groups -OCH3 is 1. The maximum atomic E-state index is 17.0. The summed E-state index contributed by atoms with van der Waals surface area (Å²) in [6.45, 7) is 4.71. The molecule has 2 N–H and O–H groups in total. The highest BCUT2D eigenvalue weighted by Gasteiger charge is 2.76. The first-order chi connectivity index (χ1) is 13.9. The smallest absolute Gasteiger partial charge is 0.190 e. The molecule has 4 aliphatic carbocycles. The van der Waals surface area contributed by atoms with Gasteiger partial charge in [0.05, 0.1) is 6.10 Å². The van der Waals surface area contributed by atoms with Crippen LogP contribution >= 0.6 is 0 Å². The van der Waals surface area contributed by atoms with Crippen molar-refractivity contribution in [3.8, 4) is 0 Å². The number of aliphatic hydroxyl groups excluding tert-OH is 1. The standard InChI is InChI=1S/C23H30F2O5/c1-12-7-14-15-9-17(24)16-8-13(26)5-6-20(16,2)22(15,25)18(27)10-21(14,3)23(12,29)19(28)11-30-4/h5-6,12,14-15,18,27,29H,7-11H2,1-4H3/t12-,14?,15?,18?,20?,21?,22+,23+/m1/s1. The number of fused-ring (bicyclic) bond motifs is 5. The van der Waals surface area contributed by atoms with Gasteiger partial charge >= 0.3 is 0 Å². The van der Waals surface area contributed by atoms with Gasteiger partial charge in [-0.2, -0.15) is 0 Å². The number of rotatable bonds is 3. The van der Waals surface area contributed by atoms with Gasteiger partial charge in [0.15, 0.2) is 17.2 Å². The number of ketones is 2. The lowest BCUT2D eigenvalue weighted by Crippen LogP contribution is -2.69. The van der Waals surface area contributed by atoms with E-state index >= 15 is 8.78 Å². The molecule has 5 nitrogen and oxygen atoms in total. The molecular formula is C23H30F2O5. The summed E-state index contributed by atoms with van der Waals surface area (Å²) in [7, 11) is 1.36. The Morgan fingerprint density at radius 2 is 2.00 bits per heavy atom. The molecular weight excluding hydrogens is 394 g/mol. The Hall–Kier alpha value is -1.44. The first kappa shape index (κ1) is 21.8. The van der Waals surface area contributed by atoms with E-state index in [2.05, 4.69) is 0 Å². The molecule has 30 heavy (non-hydrogen) atoms. The Morgan fingerprint density at radius 1 is 1.33 bits per heavy atom. The molecule has 0 bridgehead atoms. The fraction of sp³-hybridized carbons (Fsp3) is 0.739. The third kappa shape index (κ3) is 2.32. The maximum absolute atomic E-state index is 17.0. The number of carbonyl (C=O) groups is 2. The highest BCUT2D eigenvalue weighted by atomic mass is 19.1. The minimum absolute atomic E-state index is 0.105. The van der Waals surface area contributed by atoms with Gasteiger partial charge in [-0.1, -0.05) is 19.9 Å². The third-order valence-electron chi connectivity index (χ3n) is 8.94.